The molecule has 0 atom stereocenters. The van der Waals surface area contributed by atoms with Crippen molar-refractivity contribution in [2.45, 2.75) is 19.9 Å². The van der Waals surface area contributed by atoms with Gasteiger partial charge in [-0.25, -0.2) is 0 Å². The number of aliphatic carboxylic acids is 1. The summed E-state index contributed by atoms with van der Waals surface area (Å²) in [5.74, 6) is -0.881. The van der Waals surface area contributed by atoms with E-state index in [9.17, 15) is 9.59 Å². The lowest BCUT2D eigenvalue weighted by molar-refractivity contribution is -0.137. The van der Waals surface area contributed by atoms with Crippen molar-refractivity contribution in [2.24, 2.45) is 0 Å². The highest BCUT2D eigenvalue weighted by atomic mass is 79.9. The van der Waals surface area contributed by atoms with Gasteiger partial charge in [0.2, 0.25) is 5.91 Å². The van der Waals surface area contributed by atoms with E-state index in [0.29, 0.717) is 19.6 Å². The predicted molar refractivity (Wildman–Crippen MR) is 78.2 cm³/mol. The molecule has 19 heavy (non-hydrogen) atoms. The quantitative estimate of drug-likeness (QED) is 0.704. The number of nitrogens with one attached hydrogen (secondary N) is 1. The molecular weight excluding hydrogens is 332 g/mol. The van der Waals surface area contributed by atoms with Gasteiger partial charge >= 0.3 is 5.97 Å². The fraction of sp³-hybridized carbons (Fsp3) is 0.500. The van der Waals surface area contributed by atoms with Crippen LogP contribution in [0.4, 0.5) is 0 Å². The molecule has 7 heteroatoms. The van der Waals surface area contributed by atoms with Gasteiger partial charge in [-0.2, -0.15) is 0 Å². The summed E-state index contributed by atoms with van der Waals surface area (Å²) in [5, 5.41) is 11.3. The topological polar surface area (TPSA) is 69.6 Å². The van der Waals surface area contributed by atoms with E-state index in [1.165, 1.54) is 0 Å². The lowest BCUT2D eigenvalue weighted by Gasteiger charge is -2.20. The number of carboxylic acids is 1. The second-order valence-electron chi connectivity index (χ2n) is 3.93. The van der Waals surface area contributed by atoms with E-state index >= 15 is 0 Å². The van der Waals surface area contributed by atoms with E-state index in [1.54, 1.807) is 16.2 Å². The molecule has 0 aliphatic carbocycles. The molecule has 106 valence electrons. The summed E-state index contributed by atoms with van der Waals surface area (Å²) in [4.78, 5) is 25.1. The minimum atomic E-state index is -0.865. The first kappa shape index (κ1) is 16.1. The molecule has 5 nitrogen and oxygen atoms in total. The van der Waals surface area contributed by atoms with Gasteiger partial charge in [0.15, 0.2) is 0 Å². The number of carbonyl (C=O) groups excluding carboxylic acids is 1. The number of carboxylic acid groups (broad SMARTS) is 1. The van der Waals surface area contributed by atoms with Gasteiger partial charge in [0.1, 0.15) is 0 Å². The predicted octanol–water partition coefficient (Wildman–Crippen LogP) is 1.92. The number of rotatable bonds is 8. The molecule has 1 aromatic heterocycles. The molecule has 0 radical (unpaired) electrons. The summed E-state index contributed by atoms with van der Waals surface area (Å²) in [6.45, 7) is 3.63. The van der Waals surface area contributed by atoms with Gasteiger partial charge in [0.25, 0.3) is 0 Å². The summed E-state index contributed by atoms with van der Waals surface area (Å²) in [5.41, 5.74) is 0. The minimum Gasteiger partial charge on any atom is -0.481 e. The second kappa shape index (κ2) is 8.29. The molecule has 0 aliphatic heterocycles. The monoisotopic (exact) mass is 348 g/mol. The van der Waals surface area contributed by atoms with Crippen molar-refractivity contribution < 1.29 is 14.7 Å². The van der Waals surface area contributed by atoms with Gasteiger partial charge in [-0.3, -0.25) is 9.59 Å². The Hall–Kier alpha value is -0.920. The Morgan fingerprint density at radius 1 is 1.47 bits per heavy atom. The Balaban J connectivity index is 2.37. The number of amides is 1. The van der Waals surface area contributed by atoms with Crippen LogP contribution in [0.2, 0.25) is 0 Å². The molecular formula is C12H17BrN2O3S. The van der Waals surface area contributed by atoms with Crippen LogP contribution in [-0.4, -0.2) is 41.5 Å². The van der Waals surface area contributed by atoms with Crippen molar-refractivity contribution in [1.82, 2.24) is 10.2 Å². The van der Waals surface area contributed by atoms with Crippen LogP contribution in [0.5, 0.6) is 0 Å². The highest BCUT2D eigenvalue weighted by molar-refractivity contribution is 9.11. The number of nitrogens with zero attached hydrogens (tertiary/aromatic N) is 1. The first-order valence-electron chi connectivity index (χ1n) is 5.97. The van der Waals surface area contributed by atoms with Crippen molar-refractivity contribution >= 4 is 39.1 Å². The zero-order valence-corrected chi connectivity index (χ0v) is 13.1. The number of hydrogen-bond acceptors (Lipinski definition) is 4. The van der Waals surface area contributed by atoms with Gasteiger partial charge in [-0.1, -0.05) is 0 Å². The van der Waals surface area contributed by atoms with Gasteiger partial charge in [-0.05, 0) is 35.0 Å². The smallest absolute Gasteiger partial charge is 0.304 e. The van der Waals surface area contributed by atoms with Crippen molar-refractivity contribution in [3.63, 3.8) is 0 Å². The molecule has 0 bridgehead atoms. The lowest BCUT2D eigenvalue weighted by Crippen LogP contribution is -2.38. The summed E-state index contributed by atoms with van der Waals surface area (Å²) in [6, 6.07) is 3.95. The van der Waals surface area contributed by atoms with E-state index < -0.39 is 5.97 Å². The number of hydrogen-bond donors (Lipinski definition) is 2. The van der Waals surface area contributed by atoms with Crippen LogP contribution in [0.25, 0.3) is 0 Å². The summed E-state index contributed by atoms with van der Waals surface area (Å²) in [6.07, 6.45) is 0.0251. The van der Waals surface area contributed by atoms with E-state index in [0.717, 1.165) is 8.66 Å². The van der Waals surface area contributed by atoms with Gasteiger partial charge in [-0.15, -0.1) is 11.3 Å². The molecule has 1 amide bonds. The van der Waals surface area contributed by atoms with Crippen LogP contribution in [0.15, 0.2) is 15.9 Å². The molecule has 1 rings (SSSR count). The molecule has 0 saturated carbocycles. The standard InChI is InChI=1S/C12H17BrN2O3S/c1-2-15(8-9-3-4-10(13)19-9)11(16)7-14-6-5-12(17)18/h3-4,14H,2,5-8H2,1H3,(H,17,18). The summed E-state index contributed by atoms with van der Waals surface area (Å²) in [7, 11) is 0. The van der Waals surface area contributed by atoms with Crippen LogP contribution in [0, 0.1) is 0 Å². The van der Waals surface area contributed by atoms with Gasteiger partial charge < -0.3 is 15.3 Å². The summed E-state index contributed by atoms with van der Waals surface area (Å²) >= 11 is 5.00. The number of halogens is 1. The van der Waals surface area contributed by atoms with Crippen LogP contribution < -0.4 is 5.32 Å². The fourth-order valence-electron chi connectivity index (χ4n) is 1.50. The number of likely N-dealkylation sites (N-methyl/N-ethyl adjacent to an activating group) is 1. The zero-order valence-electron chi connectivity index (χ0n) is 10.7. The van der Waals surface area contributed by atoms with Crippen LogP contribution in [-0.2, 0) is 16.1 Å². The van der Waals surface area contributed by atoms with E-state index in [1.807, 2.05) is 19.1 Å². The third-order valence-corrected chi connectivity index (χ3v) is 4.11. The maximum Gasteiger partial charge on any atom is 0.304 e. The van der Waals surface area contributed by atoms with E-state index in [4.69, 9.17) is 5.11 Å². The van der Waals surface area contributed by atoms with Crippen LogP contribution in [0.1, 0.15) is 18.2 Å². The Kier molecular flexibility index (Phi) is 7.04. The third kappa shape index (κ3) is 6.17. The van der Waals surface area contributed by atoms with E-state index in [2.05, 4.69) is 21.2 Å². The van der Waals surface area contributed by atoms with Crippen LogP contribution >= 0.6 is 27.3 Å². The van der Waals surface area contributed by atoms with Crippen molar-refractivity contribution in [1.29, 1.82) is 0 Å². The summed E-state index contributed by atoms with van der Waals surface area (Å²) < 4.78 is 1.05. The molecule has 0 fully saturated rings. The largest absolute Gasteiger partial charge is 0.481 e. The molecule has 2 N–H and O–H groups in total. The van der Waals surface area contributed by atoms with Gasteiger partial charge in [0.05, 0.1) is 23.3 Å². The fourth-order valence-corrected chi connectivity index (χ4v) is 3.00. The van der Waals surface area contributed by atoms with Crippen molar-refractivity contribution in [2.75, 3.05) is 19.6 Å². The zero-order chi connectivity index (χ0) is 14.3. The number of thiophene rings is 1. The highest BCUT2D eigenvalue weighted by Crippen LogP contribution is 2.23. The normalized spacial score (nSPS) is 10.4. The molecule has 0 saturated heterocycles. The minimum absolute atomic E-state index is 0.0163. The Morgan fingerprint density at radius 3 is 2.74 bits per heavy atom. The molecule has 0 aliphatic rings. The molecule has 1 heterocycles. The van der Waals surface area contributed by atoms with Crippen molar-refractivity contribution in [3.05, 3.63) is 20.8 Å². The highest BCUT2D eigenvalue weighted by Gasteiger charge is 2.12. The van der Waals surface area contributed by atoms with Gasteiger partial charge in [0, 0.05) is 18.0 Å². The Labute approximate surface area is 124 Å². The Morgan fingerprint density at radius 2 is 2.21 bits per heavy atom. The maximum absolute atomic E-state index is 11.9. The average molecular weight is 349 g/mol. The molecule has 0 spiro atoms. The lowest BCUT2D eigenvalue weighted by atomic mass is 10.3. The van der Waals surface area contributed by atoms with Crippen molar-refractivity contribution in [3.8, 4) is 0 Å². The molecule has 0 aromatic carbocycles. The van der Waals surface area contributed by atoms with E-state index in [-0.39, 0.29) is 18.9 Å². The SMILES string of the molecule is CCN(Cc1ccc(Br)s1)C(=O)CNCCC(=O)O. The first-order valence-corrected chi connectivity index (χ1v) is 7.58. The third-order valence-electron chi connectivity index (χ3n) is 2.50. The van der Waals surface area contributed by atoms with Crippen LogP contribution in [0.3, 0.4) is 0 Å². The second-order valence-corrected chi connectivity index (χ2v) is 6.48. The molecule has 0 unspecified atom stereocenters. The number of carbonyl (C=O) groups is 2. The molecule has 1 aromatic rings. The maximum atomic E-state index is 11.9. The first-order chi connectivity index (χ1) is 9.02. The Bertz CT molecular complexity index is 436. The average Bonchev–Trinajstić information content (AvgIpc) is 2.76.